The van der Waals surface area contributed by atoms with Crippen LogP contribution in [0.15, 0.2) is 18.2 Å². The summed E-state index contributed by atoms with van der Waals surface area (Å²) in [5.74, 6) is -0.511. The van der Waals surface area contributed by atoms with Gasteiger partial charge in [0.2, 0.25) is 0 Å². The minimum absolute atomic E-state index is 0.0428. The van der Waals surface area contributed by atoms with Gasteiger partial charge in [-0.05, 0) is 18.6 Å². The van der Waals surface area contributed by atoms with Gasteiger partial charge in [-0.15, -0.1) is 0 Å². The van der Waals surface area contributed by atoms with Crippen LogP contribution in [0, 0.1) is 10.1 Å². The number of rotatable bonds is 6. The zero-order valence-corrected chi connectivity index (χ0v) is 10.4. The van der Waals surface area contributed by atoms with Gasteiger partial charge in [0.15, 0.2) is 0 Å². The molecule has 1 aromatic carbocycles. The van der Waals surface area contributed by atoms with Crippen LogP contribution < -0.4 is 5.32 Å². The van der Waals surface area contributed by atoms with Gasteiger partial charge in [0.25, 0.3) is 5.69 Å². The fraction of sp³-hybridized carbons (Fsp3) is 0.417. The highest BCUT2D eigenvalue weighted by Crippen LogP contribution is 2.25. The van der Waals surface area contributed by atoms with Crippen LogP contribution in [0.1, 0.15) is 30.1 Å². The Hall–Kier alpha value is -2.11. The number of carbonyl (C=O) groups excluding carboxylic acids is 1. The first-order valence-corrected chi connectivity index (χ1v) is 5.70. The molecule has 0 saturated carbocycles. The molecule has 6 heteroatoms. The second-order valence-corrected chi connectivity index (χ2v) is 3.76. The van der Waals surface area contributed by atoms with E-state index in [0.29, 0.717) is 17.8 Å². The van der Waals surface area contributed by atoms with E-state index in [1.807, 2.05) is 6.92 Å². The van der Waals surface area contributed by atoms with E-state index in [9.17, 15) is 14.9 Å². The van der Waals surface area contributed by atoms with Crippen LogP contribution in [-0.2, 0) is 4.74 Å². The second-order valence-electron chi connectivity index (χ2n) is 3.76. The van der Waals surface area contributed by atoms with Crippen molar-refractivity contribution in [1.29, 1.82) is 0 Å². The van der Waals surface area contributed by atoms with E-state index in [1.54, 1.807) is 0 Å². The number of ether oxygens (including phenoxy) is 1. The topological polar surface area (TPSA) is 81.5 Å². The Morgan fingerprint density at radius 2 is 2.22 bits per heavy atom. The number of nitro benzene ring substituents is 1. The van der Waals surface area contributed by atoms with E-state index in [0.717, 1.165) is 12.8 Å². The Kier molecular flexibility index (Phi) is 5.10. The molecule has 1 aromatic rings. The third-order valence-corrected chi connectivity index (χ3v) is 2.46. The van der Waals surface area contributed by atoms with E-state index in [4.69, 9.17) is 0 Å². The van der Waals surface area contributed by atoms with Gasteiger partial charge in [-0.1, -0.05) is 13.3 Å². The highest BCUT2D eigenvalue weighted by Gasteiger charge is 2.16. The molecule has 1 N–H and O–H groups in total. The highest BCUT2D eigenvalue weighted by molar-refractivity contribution is 5.91. The molecule has 0 aliphatic rings. The van der Waals surface area contributed by atoms with E-state index in [-0.39, 0.29) is 5.69 Å². The number of nitro groups is 1. The standard InChI is InChI=1S/C12H16N2O4/c1-3-4-7-13-10-8-9(12(15)18-2)5-6-11(10)14(16)17/h5-6,8,13H,3-4,7H2,1-2H3. The summed E-state index contributed by atoms with van der Waals surface area (Å²) in [5, 5.41) is 13.8. The number of carbonyl (C=O) groups is 1. The lowest BCUT2D eigenvalue weighted by atomic mass is 10.1. The Morgan fingerprint density at radius 3 is 2.78 bits per heavy atom. The van der Waals surface area contributed by atoms with Gasteiger partial charge in [-0.25, -0.2) is 4.79 Å². The first-order chi connectivity index (χ1) is 8.60. The molecule has 0 aliphatic heterocycles. The quantitative estimate of drug-likeness (QED) is 0.364. The molecule has 0 unspecified atom stereocenters. The summed E-state index contributed by atoms with van der Waals surface area (Å²) in [5.41, 5.74) is 0.595. The van der Waals surface area contributed by atoms with Crippen molar-refractivity contribution in [3.8, 4) is 0 Å². The first kappa shape index (κ1) is 14.0. The van der Waals surface area contributed by atoms with Gasteiger partial charge in [0.05, 0.1) is 17.6 Å². The normalized spacial score (nSPS) is 9.89. The Balaban J connectivity index is 2.99. The third-order valence-electron chi connectivity index (χ3n) is 2.46. The average molecular weight is 252 g/mol. The number of methoxy groups -OCH3 is 1. The fourth-order valence-corrected chi connectivity index (χ4v) is 1.48. The number of nitrogens with one attached hydrogen (secondary N) is 1. The van der Waals surface area contributed by atoms with Crippen LogP contribution >= 0.6 is 0 Å². The van der Waals surface area contributed by atoms with Crippen LogP contribution in [0.5, 0.6) is 0 Å². The molecule has 0 heterocycles. The maximum absolute atomic E-state index is 11.4. The molecular formula is C12H16N2O4. The van der Waals surface area contributed by atoms with Gasteiger partial charge in [-0.2, -0.15) is 0 Å². The van der Waals surface area contributed by atoms with E-state index in [2.05, 4.69) is 10.1 Å². The zero-order valence-electron chi connectivity index (χ0n) is 10.4. The number of hydrogen-bond donors (Lipinski definition) is 1. The van der Waals surface area contributed by atoms with Crippen molar-refractivity contribution in [3.63, 3.8) is 0 Å². The minimum Gasteiger partial charge on any atom is -0.465 e. The van der Waals surface area contributed by atoms with Gasteiger partial charge in [0, 0.05) is 12.6 Å². The Labute approximate surface area is 105 Å². The zero-order chi connectivity index (χ0) is 13.5. The third kappa shape index (κ3) is 3.44. The molecule has 0 amide bonds. The minimum atomic E-state index is -0.511. The summed E-state index contributed by atoms with van der Waals surface area (Å²) in [4.78, 5) is 21.7. The molecule has 98 valence electrons. The van der Waals surface area contributed by atoms with Crippen molar-refractivity contribution < 1.29 is 14.5 Å². The maximum Gasteiger partial charge on any atom is 0.337 e. The molecule has 6 nitrogen and oxygen atoms in total. The molecule has 0 bridgehead atoms. The van der Waals surface area contributed by atoms with Crippen molar-refractivity contribution in [3.05, 3.63) is 33.9 Å². The van der Waals surface area contributed by atoms with Gasteiger partial charge < -0.3 is 10.1 Å². The molecule has 0 aliphatic carbocycles. The van der Waals surface area contributed by atoms with Crippen molar-refractivity contribution in [2.75, 3.05) is 19.0 Å². The molecule has 0 saturated heterocycles. The van der Waals surface area contributed by atoms with Crippen molar-refractivity contribution in [1.82, 2.24) is 0 Å². The second kappa shape index (κ2) is 6.58. The molecule has 18 heavy (non-hydrogen) atoms. The van der Waals surface area contributed by atoms with Gasteiger partial charge in [-0.3, -0.25) is 10.1 Å². The predicted octanol–water partition coefficient (Wildman–Crippen LogP) is 2.59. The number of anilines is 1. The first-order valence-electron chi connectivity index (χ1n) is 5.70. The number of hydrogen-bond acceptors (Lipinski definition) is 5. The fourth-order valence-electron chi connectivity index (χ4n) is 1.48. The smallest absolute Gasteiger partial charge is 0.337 e. The summed E-state index contributed by atoms with van der Waals surface area (Å²) < 4.78 is 4.58. The summed E-state index contributed by atoms with van der Waals surface area (Å²) in [6, 6.07) is 4.13. The summed E-state index contributed by atoms with van der Waals surface area (Å²) >= 11 is 0. The molecule has 0 spiro atoms. The number of nitrogens with zero attached hydrogens (tertiary/aromatic N) is 1. The Bertz CT molecular complexity index is 446. The van der Waals surface area contributed by atoms with Crippen LogP contribution in [0.2, 0.25) is 0 Å². The van der Waals surface area contributed by atoms with Crippen LogP contribution in [-0.4, -0.2) is 24.5 Å². The lowest BCUT2D eigenvalue weighted by molar-refractivity contribution is -0.384. The largest absolute Gasteiger partial charge is 0.465 e. The van der Waals surface area contributed by atoms with Crippen LogP contribution in [0.3, 0.4) is 0 Å². The SMILES string of the molecule is CCCCNc1cc(C(=O)OC)ccc1[N+](=O)[O-]. The van der Waals surface area contributed by atoms with Gasteiger partial charge in [0.1, 0.15) is 5.69 Å². The number of unbranched alkanes of at least 4 members (excludes halogenated alkanes) is 1. The maximum atomic E-state index is 11.4. The van der Waals surface area contributed by atoms with Crippen molar-refractivity contribution >= 4 is 17.3 Å². The Morgan fingerprint density at radius 1 is 1.50 bits per heavy atom. The molecule has 0 aromatic heterocycles. The average Bonchev–Trinajstić information content (AvgIpc) is 2.37. The predicted molar refractivity (Wildman–Crippen MR) is 67.8 cm³/mol. The number of benzene rings is 1. The van der Waals surface area contributed by atoms with Crippen LogP contribution in [0.4, 0.5) is 11.4 Å². The molecule has 0 atom stereocenters. The summed E-state index contributed by atoms with van der Waals surface area (Å²) in [6.45, 7) is 2.66. The molecular weight excluding hydrogens is 236 g/mol. The summed E-state index contributed by atoms with van der Waals surface area (Å²) in [7, 11) is 1.27. The lowest BCUT2D eigenvalue weighted by Crippen LogP contribution is -2.07. The highest BCUT2D eigenvalue weighted by atomic mass is 16.6. The molecule has 0 radical (unpaired) electrons. The number of esters is 1. The van der Waals surface area contributed by atoms with Crippen LogP contribution in [0.25, 0.3) is 0 Å². The van der Waals surface area contributed by atoms with Crippen molar-refractivity contribution in [2.45, 2.75) is 19.8 Å². The van der Waals surface area contributed by atoms with Gasteiger partial charge >= 0.3 is 5.97 Å². The lowest BCUT2D eigenvalue weighted by Gasteiger charge is -2.08. The summed E-state index contributed by atoms with van der Waals surface area (Å²) in [6.07, 6.45) is 1.89. The monoisotopic (exact) mass is 252 g/mol. The van der Waals surface area contributed by atoms with E-state index < -0.39 is 10.9 Å². The van der Waals surface area contributed by atoms with E-state index >= 15 is 0 Å². The van der Waals surface area contributed by atoms with E-state index in [1.165, 1.54) is 25.3 Å². The molecule has 1 rings (SSSR count). The van der Waals surface area contributed by atoms with Crippen molar-refractivity contribution in [2.24, 2.45) is 0 Å². The molecule has 0 fully saturated rings.